The second-order valence-corrected chi connectivity index (χ2v) is 7.39. The third-order valence-corrected chi connectivity index (χ3v) is 5.73. The Hall–Kier alpha value is -1.52. The molecule has 1 aliphatic rings. The number of nitrogens with one attached hydrogen (secondary N) is 1. The van der Waals surface area contributed by atoms with Gasteiger partial charge in [0.05, 0.1) is 23.2 Å². The number of hydrogen-bond donors (Lipinski definition) is 3. The van der Waals surface area contributed by atoms with E-state index in [0.29, 0.717) is 29.3 Å². The predicted molar refractivity (Wildman–Crippen MR) is 102 cm³/mol. The Balaban J connectivity index is 1.76. The Kier molecular flexibility index (Phi) is 6.60. The van der Waals surface area contributed by atoms with Crippen molar-refractivity contribution in [3.05, 3.63) is 40.0 Å². The van der Waals surface area contributed by atoms with Crippen LogP contribution in [0.2, 0.25) is 0 Å². The summed E-state index contributed by atoms with van der Waals surface area (Å²) in [6, 6.07) is 1.87. The molecule has 0 saturated heterocycles. The average molecular weight is 396 g/mol. The second kappa shape index (κ2) is 8.92. The number of ether oxygens (including phenoxy) is 1. The van der Waals surface area contributed by atoms with E-state index in [1.807, 2.05) is 11.4 Å². The highest BCUT2D eigenvalue weighted by Crippen LogP contribution is 2.32. The molecule has 0 unspecified atom stereocenters. The van der Waals surface area contributed by atoms with Gasteiger partial charge in [-0.2, -0.15) is 0 Å². The Morgan fingerprint density at radius 3 is 3.04 bits per heavy atom. The monoisotopic (exact) mass is 395 g/mol. The van der Waals surface area contributed by atoms with Gasteiger partial charge in [0, 0.05) is 31.9 Å². The molecule has 3 atom stereocenters. The number of methoxy groups -OCH3 is 1. The van der Waals surface area contributed by atoms with E-state index in [1.165, 1.54) is 23.9 Å². The summed E-state index contributed by atoms with van der Waals surface area (Å²) in [5.74, 6) is 0.382. The van der Waals surface area contributed by atoms with Crippen molar-refractivity contribution >= 4 is 35.8 Å². The van der Waals surface area contributed by atoms with Crippen molar-refractivity contribution in [2.24, 2.45) is 5.92 Å². The molecule has 0 radical (unpaired) electrons. The van der Waals surface area contributed by atoms with E-state index >= 15 is 0 Å². The molecule has 2 N–H and O–H groups in total. The summed E-state index contributed by atoms with van der Waals surface area (Å²) in [4.78, 5) is 21.7. The fourth-order valence-corrected chi connectivity index (χ4v) is 4.31. The van der Waals surface area contributed by atoms with Gasteiger partial charge in [-0.3, -0.25) is 4.79 Å². The van der Waals surface area contributed by atoms with Gasteiger partial charge in [0.25, 0.3) is 0 Å². The Labute approximate surface area is 161 Å². The van der Waals surface area contributed by atoms with Crippen LogP contribution in [0.25, 0.3) is 0 Å². The number of rotatable bonds is 8. The zero-order valence-electron chi connectivity index (χ0n) is 14.3. The van der Waals surface area contributed by atoms with Crippen molar-refractivity contribution in [2.75, 3.05) is 19.0 Å². The molecule has 0 aliphatic heterocycles. The van der Waals surface area contributed by atoms with Crippen LogP contribution in [0.5, 0.6) is 0 Å². The van der Waals surface area contributed by atoms with Crippen molar-refractivity contribution in [1.82, 2.24) is 9.97 Å². The quantitative estimate of drug-likeness (QED) is 0.359. The molecular formula is C17H21N3O4S2. The van der Waals surface area contributed by atoms with E-state index in [2.05, 4.69) is 28.2 Å². The first-order chi connectivity index (χ1) is 12.7. The average Bonchev–Trinajstić information content (AvgIpc) is 3.28. The predicted octanol–water partition coefficient (Wildman–Crippen LogP) is 2.33. The number of hydrogen-bond acceptors (Lipinski definition) is 9. The van der Waals surface area contributed by atoms with E-state index < -0.39 is 0 Å². The van der Waals surface area contributed by atoms with Gasteiger partial charge in [-0.25, -0.2) is 9.97 Å². The Morgan fingerprint density at radius 1 is 1.50 bits per heavy atom. The Morgan fingerprint density at radius 2 is 2.35 bits per heavy atom. The Bertz CT molecular complexity index is 743. The van der Waals surface area contributed by atoms with Gasteiger partial charge in [0.15, 0.2) is 0 Å². The largest absolute Gasteiger partial charge is 0.396 e. The van der Waals surface area contributed by atoms with Crippen LogP contribution in [0, 0.1) is 5.92 Å². The number of aromatic nitrogens is 2. The van der Waals surface area contributed by atoms with Crippen molar-refractivity contribution < 1.29 is 18.8 Å². The molecule has 1 aliphatic carbocycles. The van der Waals surface area contributed by atoms with Gasteiger partial charge in [-0.05, 0) is 42.8 Å². The minimum Gasteiger partial charge on any atom is -0.396 e. The summed E-state index contributed by atoms with van der Waals surface area (Å²) < 4.78 is 10.2. The highest BCUT2D eigenvalue weighted by Gasteiger charge is 2.35. The molecule has 0 spiro atoms. The molecule has 140 valence electrons. The highest BCUT2D eigenvalue weighted by atomic mass is 32.1. The molecule has 1 fully saturated rings. The molecule has 2 aromatic rings. The van der Waals surface area contributed by atoms with Crippen LogP contribution in [-0.4, -0.2) is 46.7 Å². The number of carbonyl (C=O) groups excluding carboxylic acids is 1. The number of aliphatic hydroxyl groups is 1. The summed E-state index contributed by atoms with van der Waals surface area (Å²) in [6.45, 7) is 0.506. The lowest BCUT2D eigenvalue weighted by Gasteiger charge is -2.15. The smallest absolute Gasteiger partial charge is 0.208 e. The topological polar surface area (TPSA) is 93.6 Å². The maximum atomic E-state index is 12.9. The number of ketones is 1. The molecule has 9 heteroatoms. The van der Waals surface area contributed by atoms with Crippen LogP contribution in [0.1, 0.15) is 33.6 Å². The van der Waals surface area contributed by atoms with E-state index in [9.17, 15) is 9.90 Å². The summed E-state index contributed by atoms with van der Waals surface area (Å²) in [7, 11) is 1.62. The van der Waals surface area contributed by atoms with Crippen LogP contribution >= 0.6 is 24.2 Å². The first-order valence-electron chi connectivity index (χ1n) is 8.25. The van der Waals surface area contributed by atoms with Gasteiger partial charge in [0.1, 0.15) is 12.1 Å². The van der Waals surface area contributed by atoms with Crippen molar-refractivity contribution in [3.63, 3.8) is 0 Å². The lowest BCUT2D eigenvalue weighted by molar-refractivity contribution is 0.104. The van der Waals surface area contributed by atoms with Gasteiger partial charge in [0.2, 0.25) is 5.78 Å². The summed E-state index contributed by atoms with van der Waals surface area (Å²) in [5, 5.41) is 14.7. The summed E-state index contributed by atoms with van der Waals surface area (Å²) in [5.41, 5.74) is 1.39. The molecule has 2 aromatic heterocycles. The lowest BCUT2D eigenvalue weighted by atomic mass is 10.1. The standard InChI is InChI=1S/C17H21N3O4S2/c1-23-7-10-2-15(26-8-10)16(22)13-5-18-9-19-17(13)20-12-3-11(6-21)14(4-12)24-25/h2,5,8-9,11-12,14,21,25H,3-4,6-7H2,1H3,(H,18,19,20)/t11-,12-,14+/m1/s1. The van der Waals surface area contributed by atoms with Crippen LogP contribution < -0.4 is 5.32 Å². The zero-order chi connectivity index (χ0) is 18.5. The number of nitrogens with zero attached hydrogens (tertiary/aromatic N) is 2. The molecule has 0 amide bonds. The van der Waals surface area contributed by atoms with Crippen LogP contribution in [-0.2, 0) is 15.5 Å². The van der Waals surface area contributed by atoms with Gasteiger partial charge < -0.3 is 19.3 Å². The maximum Gasteiger partial charge on any atom is 0.208 e. The molecule has 26 heavy (non-hydrogen) atoms. The van der Waals surface area contributed by atoms with Crippen LogP contribution in [0.4, 0.5) is 5.82 Å². The van der Waals surface area contributed by atoms with E-state index in [1.54, 1.807) is 7.11 Å². The minimum absolute atomic E-state index is 0.0138. The zero-order valence-corrected chi connectivity index (χ0v) is 16.0. The number of aliphatic hydroxyl groups excluding tert-OH is 1. The number of thiol groups is 1. The molecule has 7 nitrogen and oxygen atoms in total. The van der Waals surface area contributed by atoms with Crippen LogP contribution in [0.15, 0.2) is 24.0 Å². The normalized spacial score (nSPS) is 22.5. The van der Waals surface area contributed by atoms with E-state index in [0.717, 1.165) is 12.0 Å². The van der Waals surface area contributed by atoms with Crippen molar-refractivity contribution in [3.8, 4) is 0 Å². The first kappa shape index (κ1) is 19.2. The van der Waals surface area contributed by atoms with E-state index in [4.69, 9.17) is 8.92 Å². The summed E-state index contributed by atoms with van der Waals surface area (Å²) in [6.07, 6.45) is 4.21. The SMILES string of the molecule is COCc1csc(C(=O)c2cncnc2N[C@@H]2C[C@H](CO)[C@@H](OS)C2)c1. The van der Waals surface area contributed by atoms with Gasteiger partial charge >= 0.3 is 0 Å². The van der Waals surface area contributed by atoms with Crippen molar-refractivity contribution in [2.45, 2.75) is 31.6 Å². The number of thiophene rings is 1. The minimum atomic E-state index is -0.129. The highest BCUT2D eigenvalue weighted by molar-refractivity contribution is 7.75. The second-order valence-electron chi connectivity index (χ2n) is 6.27. The summed E-state index contributed by atoms with van der Waals surface area (Å²) >= 11 is 5.26. The molecule has 0 bridgehead atoms. The third kappa shape index (κ3) is 4.24. The fraction of sp³-hybridized carbons (Fsp3) is 0.471. The molecule has 2 heterocycles. The molecule has 1 saturated carbocycles. The van der Waals surface area contributed by atoms with Crippen LogP contribution in [0.3, 0.4) is 0 Å². The molecular weight excluding hydrogens is 374 g/mol. The van der Waals surface area contributed by atoms with Crippen molar-refractivity contribution in [1.29, 1.82) is 0 Å². The molecule has 0 aromatic carbocycles. The third-order valence-electron chi connectivity index (χ3n) is 4.49. The fourth-order valence-electron chi connectivity index (χ4n) is 3.20. The number of anilines is 1. The van der Waals surface area contributed by atoms with E-state index in [-0.39, 0.29) is 30.5 Å². The number of carbonyl (C=O) groups is 1. The van der Waals surface area contributed by atoms with Gasteiger partial charge in [-0.1, -0.05) is 0 Å². The first-order valence-corrected chi connectivity index (χ1v) is 9.49. The van der Waals surface area contributed by atoms with Gasteiger partial charge in [-0.15, -0.1) is 11.3 Å². The lowest BCUT2D eigenvalue weighted by Crippen LogP contribution is -2.20. The molecule has 3 rings (SSSR count). The maximum absolute atomic E-state index is 12.9.